The Morgan fingerprint density at radius 1 is 1.25 bits per heavy atom. The van der Waals surface area contributed by atoms with Crippen LogP contribution < -0.4 is 14.8 Å². The van der Waals surface area contributed by atoms with Gasteiger partial charge in [-0.25, -0.2) is 17.6 Å². The van der Waals surface area contributed by atoms with Crippen LogP contribution >= 0.6 is 0 Å². The first-order chi connectivity index (χ1) is 17.2. The van der Waals surface area contributed by atoms with E-state index in [-0.39, 0.29) is 51.7 Å². The Labute approximate surface area is 208 Å². The first-order valence-electron chi connectivity index (χ1n) is 12.0. The zero-order valence-electron chi connectivity index (χ0n) is 19.8. The number of amides is 1. The Hall–Kier alpha value is -3.18. The molecule has 0 aromatic heterocycles. The van der Waals surface area contributed by atoms with Crippen LogP contribution in [0.4, 0.5) is 10.1 Å². The number of rotatable bonds is 8. The fourth-order valence-corrected chi connectivity index (χ4v) is 6.45. The van der Waals surface area contributed by atoms with Crippen molar-refractivity contribution >= 4 is 27.6 Å². The fourth-order valence-electron chi connectivity index (χ4n) is 5.16. The highest BCUT2D eigenvalue weighted by Gasteiger charge is 2.45. The molecule has 3 N–H and O–H groups in total. The van der Waals surface area contributed by atoms with Gasteiger partial charge in [0.25, 0.3) is 10.0 Å². The summed E-state index contributed by atoms with van der Waals surface area (Å²) in [5.41, 5.74) is 0.448. The van der Waals surface area contributed by atoms with Crippen molar-refractivity contribution in [2.24, 2.45) is 11.8 Å². The lowest BCUT2D eigenvalue weighted by Crippen LogP contribution is -2.33. The zero-order valence-corrected chi connectivity index (χ0v) is 20.6. The van der Waals surface area contributed by atoms with Crippen LogP contribution in [0, 0.1) is 17.7 Å². The third-order valence-electron chi connectivity index (χ3n) is 7.27. The van der Waals surface area contributed by atoms with Crippen molar-refractivity contribution < 1.29 is 32.2 Å². The number of hydrogen-bond donors (Lipinski definition) is 3. The minimum Gasteiger partial charge on any atom is -0.492 e. The molecule has 1 amide bonds. The first kappa shape index (κ1) is 24.5. The molecule has 1 saturated carbocycles. The highest BCUT2D eigenvalue weighted by Crippen LogP contribution is 2.55. The van der Waals surface area contributed by atoms with Gasteiger partial charge in [0, 0.05) is 19.0 Å². The highest BCUT2D eigenvalue weighted by molar-refractivity contribution is 7.92. The third-order valence-corrected chi connectivity index (χ3v) is 8.73. The molecule has 2 aromatic rings. The summed E-state index contributed by atoms with van der Waals surface area (Å²) in [5.74, 6) is -1.61. The van der Waals surface area contributed by atoms with Gasteiger partial charge in [-0.1, -0.05) is 13.0 Å². The largest absolute Gasteiger partial charge is 0.492 e. The van der Waals surface area contributed by atoms with Crippen molar-refractivity contribution in [3.8, 4) is 5.75 Å². The summed E-state index contributed by atoms with van der Waals surface area (Å²) in [6, 6.07) is 6.29. The molecule has 192 valence electrons. The van der Waals surface area contributed by atoms with E-state index in [1.54, 1.807) is 6.07 Å². The second-order valence-corrected chi connectivity index (χ2v) is 11.2. The maximum absolute atomic E-state index is 14.1. The van der Waals surface area contributed by atoms with Crippen molar-refractivity contribution in [2.75, 3.05) is 31.0 Å². The number of fused-ring (bicyclic) bond motifs is 3. The normalized spacial score (nSPS) is 22.8. The van der Waals surface area contributed by atoms with E-state index < -0.39 is 21.8 Å². The number of carboxylic acid groups (broad SMARTS) is 1. The number of benzene rings is 2. The second-order valence-electron chi connectivity index (χ2n) is 9.58. The Kier molecular flexibility index (Phi) is 6.37. The number of carbonyl (C=O) groups excluding carboxylic acids is 1. The van der Waals surface area contributed by atoms with Gasteiger partial charge in [-0.15, -0.1) is 0 Å². The molecule has 2 aliphatic heterocycles. The summed E-state index contributed by atoms with van der Waals surface area (Å²) < 4.78 is 48.8. The molecule has 36 heavy (non-hydrogen) atoms. The summed E-state index contributed by atoms with van der Waals surface area (Å²) in [5, 5.41) is 12.6. The van der Waals surface area contributed by atoms with Crippen LogP contribution in [0.25, 0.3) is 0 Å². The van der Waals surface area contributed by atoms with Gasteiger partial charge in [0.2, 0.25) is 5.91 Å². The van der Waals surface area contributed by atoms with E-state index in [9.17, 15) is 27.5 Å². The molecule has 5 rings (SSSR count). The predicted octanol–water partition coefficient (Wildman–Crippen LogP) is 2.78. The van der Waals surface area contributed by atoms with Crippen molar-refractivity contribution in [1.82, 2.24) is 10.2 Å². The molecular formula is C25H28FN3O6S. The van der Waals surface area contributed by atoms with Crippen LogP contribution in [0.5, 0.6) is 5.75 Å². The van der Waals surface area contributed by atoms with Crippen LogP contribution in [-0.4, -0.2) is 56.5 Å². The molecule has 9 nitrogen and oxygen atoms in total. The molecule has 2 fully saturated rings. The summed E-state index contributed by atoms with van der Waals surface area (Å²) >= 11 is 0. The topological polar surface area (TPSA) is 125 Å². The van der Waals surface area contributed by atoms with Crippen molar-refractivity contribution in [1.29, 1.82) is 0 Å². The lowest BCUT2D eigenvalue weighted by Gasteiger charge is -2.21. The molecule has 2 aromatic carbocycles. The number of nitrogens with zero attached hydrogens (tertiary/aromatic N) is 1. The number of sulfonamides is 1. The van der Waals surface area contributed by atoms with Gasteiger partial charge in [0.1, 0.15) is 17.1 Å². The summed E-state index contributed by atoms with van der Waals surface area (Å²) in [6.07, 6.45) is 1.62. The second kappa shape index (κ2) is 9.36. The van der Waals surface area contributed by atoms with E-state index in [1.807, 2.05) is 6.92 Å². The Morgan fingerprint density at radius 2 is 2.06 bits per heavy atom. The molecule has 1 saturated heterocycles. The quantitative estimate of drug-likeness (QED) is 0.492. The molecule has 0 radical (unpaired) electrons. The Bertz CT molecular complexity index is 1330. The number of hydrogen-bond acceptors (Lipinski definition) is 6. The van der Waals surface area contributed by atoms with E-state index in [0.717, 1.165) is 43.3 Å². The van der Waals surface area contributed by atoms with Crippen LogP contribution in [0.15, 0.2) is 35.2 Å². The summed E-state index contributed by atoms with van der Waals surface area (Å²) in [7, 11) is -4.32. The van der Waals surface area contributed by atoms with Gasteiger partial charge in [-0.2, -0.15) is 0 Å². The Morgan fingerprint density at radius 3 is 2.78 bits per heavy atom. The number of carbonyl (C=O) groups is 2. The van der Waals surface area contributed by atoms with Gasteiger partial charge >= 0.3 is 5.97 Å². The number of carboxylic acids is 1. The van der Waals surface area contributed by atoms with Gasteiger partial charge in [-0.05, 0) is 67.2 Å². The lowest BCUT2D eigenvalue weighted by atomic mass is 10.0. The molecule has 1 aliphatic carbocycles. The first-order valence-corrected chi connectivity index (χ1v) is 13.5. The smallest absolute Gasteiger partial charge is 0.341 e. The van der Waals surface area contributed by atoms with E-state index in [4.69, 9.17) is 4.74 Å². The summed E-state index contributed by atoms with van der Waals surface area (Å²) in [6.45, 7) is 4.51. The number of nitrogens with one attached hydrogen (secondary N) is 2. The molecule has 2 heterocycles. The maximum atomic E-state index is 14.1. The number of aromatic carboxylic acids is 1. The SMILES string of the molecule is CCN1CC[C@H](C(=O)NCc2cc(F)ccc2S(=O)(=O)Nc2ccc3c(c2C(=O)O)OC[C@H]2C[C@@H]32)C1. The van der Waals surface area contributed by atoms with Gasteiger partial charge in [0.15, 0.2) is 0 Å². The van der Waals surface area contributed by atoms with Gasteiger partial charge in [0.05, 0.1) is 23.1 Å². The molecule has 3 atom stereocenters. The average molecular weight is 518 g/mol. The van der Waals surface area contributed by atoms with E-state index in [0.29, 0.717) is 25.5 Å². The van der Waals surface area contributed by atoms with E-state index in [1.165, 1.54) is 6.07 Å². The third kappa shape index (κ3) is 4.64. The standard InChI is InChI=1S/C25H28FN3O6S/c1-2-29-8-7-14(12-29)24(30)27-11-15-9-17(26)3-6-21(15)36(33,34)28-20-5-4-18-19-10-16(19)13-35-23(18)22(20)25(31)32/h3-6,9,14,16,19,28H,2,7-8,10-13H2,1H3,(H,27,30)(H,31,32)/t14-,16+,19+/m0/s1. The van der Waals surface area contributed by atoms with E-state index >= 15 is 0 Å². The Balaban J connectivity index is 1.39. The number of ether oxygens (including phenoxy) is 1. The van der Waals surface area contributed by atoms with Crippen molar-refractivity contribution in [3.63, 3.8) is 0 Å². The minimum atomic E-state index is -4.32. The van der Waals surface area contributed by atoms with Crippen LogP contribution in [0.1, 0.15) is 47.2 Å². The highest BCUT2D eigenvalue weighted by atomic mass is 32.2. The molecule has 11 heteroatoms. The van der Waals surface area contributed by atoms with Crippen LogP contribution in [0.3, 0.4) is 0 Å². The molecule has 0 bridgehead atoms. The molecular weight excluding hydrogens is 489 g/mol. The number of likely N-dealkylation sites (tertiary alicyclic amines) is 1. The molecule has 0 unspecified atom stereocenters. The molecule has 3 aliphatic rings. The fraction of sp³-hybridized carbons (Fsp3) is 0.440. The maximum Gasteiger partial charge on any atom is 0.341 e. The zero-order chi connectivity index (χ0) is 25.6. The summed E-state index contributed by atoms with van der Waals surface area (Å²) in [4.78, 5) is 26.6. The lowest BCUT2D eigenvalue weighted by molar-refractivity contribution is -0.124. The van der Waals surface area contributed by atoms with Gasteiger partial charge < -0.3 is 20.1 Å². The average Bonchev–Trinajstić information content (AvgIpc) is 3.48. The van der Waals surface area contributed by atoms with Crippen LogP contribution in [-0.2, 0) is 21.4 Å². The molecule has 0 spiro atoms. The van der Waals surface area contributed by atoms with Crippen molar-refractivity contribution in [2.45, 2.75) is 37.1 Å². The number of anilines is 1. The van der Waals surface area contributed by atoms with Crippen LogP contribution in [0.2, 0.25) is 0 Å². The van der Waals surface area contributed by atoms with Gasteiger partial charge in [-0.3, -0.25) is 9.52 Å². The van der Waals surface area contributed by atoms with E-state index in [2.05, 4.69) is 14.9 Å². The van der Waals surface area contributed by atoms with Crippen molar-refractivity contribution in [3.05, 3.63) is 52.8 Å². The number of halogens is 1. The minimum absolute atomic E-state index is 0.0631. The monoisotopic (exact) mass is 517 g/mol. The predicted molar refractivity (Wildman–Crippen MR) is 129 cm³/mol.